The SMILES string of the molecule is CC1=CC(C)(C)N(C(=O)c2ccccc2)c2ccc(OC(=O)c3ccccc3)cc21. The molecule has 3 aromatic rings. The third kappa shape index (κ3) is 3.64. The molecule has 0 atom stereocenters. The Kier molecular flexibility index (Phi) is 5.00. The van der Waals surface area contributed by atoms with Crippen molar-refractivity contribution in [2.75, 3.05) is 4.90 Å². The standard InChI is InChI=1S/C26H23NO3/c1-18-17-26(2,3)27(24(28)19-10-6-4-7-11-19)23-15-14-21(16-22(18)23)30-25(29)20-12-8-5-9-13-20/h4-17H,1-3H3. The van der Waals surface area contributed by atoms with Gasteiger partial charge in [0, 0.05) is 11.1 Å². The van der Waals surface area contributed by atoms with Crippen LogP contribution in [0, 0.1) is 0 Å². The molecule has 150 valence electrons. The van der Waals surface area contributed by atoms with Crippen molar-refractivity contribution in [3.05, 3.63) is 102 Å². The fraction of sp³-hybridized carbons (Fsp3) is 0.154. The molecular weight excluding hydrogens is 374 g/mol. The molecule has 0 aromatic heterocycles. The quantitative estimate of drug-likeness (QED) is 0.418. The zero-order valence-electron chi connectivity index (χ0n) is 17.3. The number of benzene rings is 3. The van der Waals surface area contributed by atoms with Gasteiger partial charge in [0.05, 0.1) is 16.8 Å². The maximum absolute atomic E-state index is 13.3. The van der Waals surface area contributed by atoms with Crippen molar-refractivity contribution in [3.63, 3.8) is 0 Å². The van der Waals surface area contributed by atoms with E-state index in [1.165, 1.54) is 0 Å². The third-order valence-corrected chi connectivity index (χ3v) is 5.22. The smallest absolute Gasteiger partial charge is 0.343 e. The van der Waals surface area contributed by atoms with Crippen LogP contribution in [0.5, 0.6) is 5.75 Å². The number of allylic oxidation sites excluding steroid dienone is 1. The molecule has 4 nitrogen and oxygen atoms in total. The van der Waals surface area contributed by atoms with Gasteiger partial charge in [0.1, 0.15) is 5.75 Å². The molecule has 3 aromatic carbocycles. The summed E-state index contributed by atoms with van der Waals surface area (Å²) in [4.78, 5) is 27.6. The van der Waals surface area contributed by atoms with Gasteiger partial charge in [0.15, 0.2) is 0 Å². The Morgan fingerprint density at radius 2 is 1.43 bits per heavy atom. The highest BCUT2D eigenvalue weighted by Crippen LogP contribution is 2.41. The minimum atomic E-state index is -0.494. The van der Waals surface area contributed by atoms with Gasteiger partial charge in [0.25, 0.3) is 5.91 Å². The van der Waals surface area contributed by atoms with E-state index in [2.05, 4.69) is 6.08 Å². The van der Waals surface area contributed by atoms with E-state index in [0.717, 1.165) is 16.8 Å². The van der Waals surface area contributed by atoms with E-state index in [1.807, 2.05) is 69.3 Å². The number of carbonyl (C=O) groups is 2. The summed E-state index contributed by atoms with van der Waals surface area (Å²) in [6.07, 6.45) is 2.07. The van der Waals surface area contributed by atoms with Crippen LogP contribution in [-0.2, 0) is 0 Å². The van der Waals surface area contributed by atoms with Gasteiger partial charge < -0.3 is 4.74 Å². The largest absolute Gasteiger partial charge is 0.423 e. The molecule has 30 heavy (non-hydrogen) atoms. The Morgan fingerprint density at radius 3 is 2.07 bits per heavy atom. The molecule has 1 aliphatic heterocycles. The lowest BCUT2D eigenvalue weighted by atomic mass is 9.88. The summed E-state index contributed by atoms with van der Waals surface area (Å²) >= 11 is 0. The molecule has 4 heteroatoms. The van der Waals surface area contributed by atoms with Crippen LogP contribution >= 0.6 is 0 Å². The lowest BCUT2D eigenvalue weighted by Gasteiger charge is -2.41. The Balaban J connectivity index is 1.71. The average Bonchev–Trinajstić information content (AvgIpc) is 2.74. The number of esters is 1. The van der Waals surface area contributed by atoms with Crippen molar-refractivity contribution >= 4 is 23.1 Å². The molecule has 0 bridgehead atoms. The first-order valence-electron chi connectivity index (χ1n) is 9.87. The zero-order chi connectivity index (χ0) is 21.3. The molecule has 1 aliphatic rings. The van der Waals surface area contributed by atoms with Gasteiger partial charge in [-0.15, -0.1) is 0 Å². The van der Waals surface area contributed by atoms with Crippen LogP contribution in [0.2, 0.25) is 0 Å². The van der Waals surface area contributed by atoms with Crippen LogP contribution in [0.25, 0.3) is 5.57 Å². The monoisotopic (exact) mass is 397 g/mol. The molecule has 0 saturated carbocycles. The Hall–Kier alpha value is -3.66. The number of ether oxygens (including phenoxy) is 1. The Labute approximate surface area is 176 Å². The highest BCUT2D eigenvalue weighted by molar-refractivity contribution is 6.10. The normalized spacial score (nSPS) is 14.5. The molecule has 4 rings (SSSR count). The fourth-order valence-electron chi connectivity index (χ4n) is 3.89. The van der Waals surface area contributed by atoms with Crippen molar-refractivity contribution in [1.29, 1.82) is 0 Å². The highest BCUT2D eigenvalue weighted by Gasteiger charge is 2.36. The number of amides is 1. The van der Waals surface area contributed by atoms with Crippen molar-refractivity contribution < 1.29 is 14.3 Å². The van der Waals surface area contributed by atoms with E-state index in [0.29, 0.717) is 16.9 Å². The van der Waals surface area contributed by atoms with E-state index in [9.17, 15) is 9.59 Å². The zero-order valence-corrected chi connectivity index (χ0v) is 17.3. The number of carbonyl (C=O) groups excluding carboxylic acids is 2. The lowest BCUT2D eigenvalue weighted by Crippen LogP contribution is -2.49. The molecule has 1 heterocycles. The molecule has 0 fully saturated rings. The maximum atomic E-state index is 13.3. The third-order valence-electron chi connectivity index (χ3n) is 5.22. The van der Waals surface area contributed by atoms with Crippen LogP contribution in [0.4, 0.5) is 5.69 Å². The Bertz CT molecular complexity index is 1130. The predicted molar refractivity (Wildman–Crippen MR) is 119 cm³/mol. The van der Waals surface area contributed by atoms with Crippen LogP contribution < -0.4 is 9.64 Å². The molecule has 0 unspecified atom stereocenters. The van der Waals surface area contributed by atoms with Gasteiger partial charge in [0.2, 0.25) is 0 Å². The van der Waals surface area contributed by atoms with Crippen molar-refractivity contribution in [1.82, 2.24) is 0 Å². The van der Waals surface area contributed by atoms with Crippen LogP contribution in [0.3, 0.4) is 0 Å². The topological polar surface area (TPSA) is 46.6 Å². The van der Waals surface area contributed by atoms with Gasteiger partial charge >= 0.3 is 5.97 Å². The molecule has 0 radical (unpaired) electrons. The summed E-state index contributed by atoms with van der Waals surface area (Å²) < 4.78 is 5.58. The fourth-order valence-corrected chi connectivity index (χ4v) is 3.89. The molecule has 1 amide bonds. The maximum Gasteiger partial charge on any atom is 0.343 e. The number of rotatable bonds is 3. The summed E-state index contributed by atoms with van der Waals surface area (Å²) in [5.74, 6) is -0.0349. The number of hydrogen-bond acceptors (Lipinski definition) is 3. The summed E-state index contributed by atoms with van der Waals surface area (Å²) in [6, 6.07) is 23.5. The second kappa shape index (κ2) is 7.64. The molecule has 0 N–H and O–H groups in total. The summed E-state index contributed by atoms with van der Waals surface area (Å²) in [7, 11) is 0. The van der Waals surface area contributed by atoms with Gasteiger partial charge in [-0.3, -0.25) is 9.69 Å². The van der Waals surface area contributed by atoms with E-state index < -0.39 is 11.5 Å². The second-order valence-electron chi connectivity index (χ2n) is 7.92. The summed E-state index contributed by atoms with van der Waals surface area (Å²) in [6.45, 7) is 6.04. The van der Waals surface area contributed by atoms with E-state index in [4.69, 9.17) is 4.74 Å². The molecule has 0 saturated heterocycles. The van der Waals surface area contributed by atoms with E-state index >= 15 is 0 Å². The van der Waals surface area contributed by atoms with Crippen molar-refractivity contribution in [3.8, 4) is 5.75 Å². The number of nitrogens with zero attached hydrogens (tertiary/aromatic N) is 1. The number of anilines is 1. The summed E-state index contributed by atoms with van der Waals surface area (Å²) in [5.41, 5.74) is 3.33. The average molecular weight is 397 g/mol. The van der Waals surface area contributed by atoms with E-state index in [1.54, 1.807) is 35.2 Å². The molecular formula is C26H23NO3. The summed E-state index contributed by atoms with van der Waals surface area (Å²) in [5, 5.41) is 0. The first-order chi connectivity index (χ1) is 14.4. The molecule has 0 aliphatic carbocycles. The minimum Gasteiger partial charge on any atom is -0.423 e. The first kappa shape index (κ1) is 19.6. The van der Waals surface area contributed by atoms with Crippen molar-refractivity contribution in [2.24, 2.45) is 0 Å². The Morgan fingerprint density at radius 1 is 0.833 bits per heavy atom. The predicted octanol–water partition coefficient (Wildman–Crippen LogP) is 5.75. The van der Waals surface area contributed by atoms with Gasteiger partial charge in [-0.2, -0.15) is 0 Å². The van der Waals surface area contributed by atoms with Gasteiger partial charge in [-0.25, -0.2) is 4.79 Å². The van der Waals surface area contributed by atoms with Crippen molar-refractivity contribution in [2.45, 2.75) is 26.3 Å². The first-order valence-corrected chi connectivity index (χ1v) is 9.87. The molecule has 0 spiro atoms. The second-order valence-corrected chi connectivity index (χ2v) is 7.92. The van der Waals surface area contributed by atoms with Crippen LogP contribution in [0.15, 0.2) is 84.9 Å². The van der Waals surface area contributed by atoms with E-state index in [-0.39, 0.29) is 5.91 Å². The van der Waals surface area contributed by atoms with Gasteiger partial charge in [-0.1, -0.05) is 42.5 Å². The van der Waals surface area contributed by atoms with Crippen LogP contribution in [0.1, 0.15) is 47.1 Å². The number of fused-ring (bicyclic) bond motifs is 1. The highest BCUT2D eigenvalue weighted by atomic mass is 16.5. The van der Waals surface area contributed by atoms with Crippen LogP contribution in [-0.4, -0.2) is 17.4 Å². The number of hydrogen-bond donors (Lipinski definition) is 0. The lowest BCUT2D eigenvalue weighted by molar-refractivity contribution is 0.0734. The van der Waals surface area contributed by atoms with Gasteiger partial charge in [-0.05, 0) is 68.8 Å². The minimum absolute atomic E-state index is 0.0698.